The van der Waals surface area contributed by atoms with E-state index < -0.39 is 10.0 Å². The van der Waals surface area contributed by atoms with Crippen molar-refractivity contribution in [3.8, 4) is 11.6 Å². The van der Waals surface area contributed by atoms with Crippen LogP contribution < -0.4 is 14.8 Å². The van der Waals surface area contributed by atoms with Crippen molar-refractivity contribution in [2.75, 3.05) is 18.4 Å². The molecule has 0 radical (unpaired) electrons. The molecule has 0 aliphatic carbocycles. The normalized spacial score (nSPS) is 11.1. The third-order valence-electron chi connectivity index (χ3n) is 5.32. The molecule has 0 fully saturated rings. The van der Waals surface area contributed by atoms with E-state index in [2.05, 4.69) is 38.1 Å². The van der Waals surface area contributed by atoms with Crippen LogP contribution in [0.5, 0.6) is 11.6 Å². The standard InChI is InChI=1S/C26H27N7O3S/c1-3-21-15-20-16-23(8-9-24(20)30-21)36-25-10-11-28-26(32-25)31-22-7-5-6-19(14-22)17-37(34,35)29-12-13-33(4-2)18-27/h3-11,14-16,18,27,29-30H,1-2,12-13,17H2,(H,28,31,32). The lowest BCUT2D eigenvalue weighted by molar-refractivity contribution is 0.463. The molecule has 0 saturated carbocycles. The van der Waals surface area contributed by atoms with Crippen molar-refractivity contribution in [2.24, 2.45) is 0 Å². The number of fused-ring (bicyclic) bond motifs is 1. The predicted octanol–water partition coefficient (Wildman–Crippen LogP) is 4.61. The van der Waals surface area contributed by atoms with Crippen molar-refractivity contribution in [1.82, 2.24) is 24.6 Å². The molecule has 0 aliphatic heterocycles. The Morgan fingerprint density at radius 3 is 2.78 bits per heavy atom. The molecule has 190 valence electrons. The minimum atomic E-state index is -3.57. The van der Waals surface area contributed by atoms with E-state index in [0.717, 1.165) is 22.9 Å². The van der Waals surface area contributed by atoms with Crippen molar-refractivity contribution in [3.63, 3.8) is 0 Å². The van der Waals surface area contributed by atoms with Gasteiger partial charge in [0.2, 0.25) is 21.9 Å². The molecule has 4 N–H and O–H groups in total. The molecule has 37 heavy (non-hydrogen) atoms. The smallest absolute Gasteiger partial charge is 0.230 e. The Labute approximate surface area is 215 Å². The van der Waals surface area contributed by atoms with E-state index in [4.69, 9.17) is 10.1 Å². The fourth-order valence-corrected chi connectivity index (χ4v) is 4.69. The van der Waals surface area contributed by atoms with E-state index in [1.165, 1.54) is 11.1 Å². The van der Waals surface area contributed by atoms with E-state index in [1.807, 2.05) is 24.3 Å². The van der Waals surface area contributed by atoms with Crippen LogP contribution in [-0.4, -0.2) is 47.7 Å². The number of aromatic amines is 1. The zero-order chi connectivity index (χ0) is 26.3. The van der Waals surface area contributed by atoms with Crippen LogP contribution in [0.4, 0.5) is 11.6 Å². The number of hydrogen-bond acceptors (Lipinski definition) is 7. The Morgan fingerprint density at radius 2 is 2.00 bits per heavy atom. The maximum absolute atomic E-state index is 12.5. The monoisotopic (exact) mass is 517 g/mol. The Hall–Kier alpha value is -4.48. The van der Waals surface area contributed by atoms with Gasteiger partial charge in [0.25, 0.3) is 0 Å². The van der Waals surface area contributed by atoms with Crippen LogP contribution in [0.25, 0.3) is 17.0 Å². The van der Waals surface area contributed by atoms with Gasteiger partial charge >= 0.3 is 0 Å². The number of benzene rings is 2. The van der Waals surface area contributed by atoms with E-state index in [1.54, 1.807) is 42.6 Å². The number of rotatable bonds is 13. The van der Waals surface area contributed by atoms with Gasteiger partial charge < -0.3 is 19.9 Å². The molecule has 0 unspecified atom stereocenters. The van der Waals surface area contributed by atoms with Crippen molar-refractivity contribution in [3.05, 3.63) is 91.4 Å². The molecule has 0 saturated heterocycles. The zero-order valence-electron chi connectivity index (χ0n) is 20.0. The number of nitrogens with one attached hydrogen (secondary N) is 4. The average molecular weight is 518 g/mol. The molecule has 0 spiro atoms. The average Bonchev–Trinajstić information content (AvgIpc) is 3.29. The van der Waals surface area contributed by atoms with Gasteiger partial charge in [-0.25, -0.2) is 18.1 Å². The molecule has 4 aromatic rings. The first-order valence-corrected chi connectivity index (χ1v) is 13.0. The van der Waals surface area contributed by atoms with Crippen LogP contribution >= 0.6 is 0 Å². The number of ether oxygens (including phenoxy) is 1. The number of sulfonamides is 1. The summed E-state index contributed by atoms with van der Waals surface area (Å²) in [7, 11) is -3.57. The quantitative estimate of drug-likeness (QED) is 0.150. The molecular weight excluding hydrogens is 490 g/mol. The first kappa shape index (κ1) is 25.6. The highest BCUT2D eigenvalue weighted by atomic mass is 32.2. The van der Waals surface area contributed by atoms with Crippen molar-refractivity contribution >= 4 is 45.0 Å². The van der Waals surface area contributed by atoms with Crippen LogP contribution in [-0.2, 0) is 15.8 Å². The molecule has 2 heterocycles. The van der Waals surface area contributed by atoms with Gasteiger partial charge in [-0.2, -0.15) is 4.98 Å². The molecule has 0 aliphatic rings. The highest BCUT2D eigenvalue weighted by Gasteiger charge is 2.12. The fraction of sp³-hybridized carbons (Fsp3) is 0.115. The Kier molecular flexibility index (Phi) is 7.96. The van der Waals surface area contributed by atoms with E-state index in [0.29, 0.717) is 35.4 Å². The summed E-state index contributed by atoms with van der Waals surface area (Å²) in [6, 6.07) is 16.3. The minimum Gasteiger partial charge on any atom is -0.439 e. The maximum Gasteiger partial charge on any atom is 0.230 e. The molecule has 10 nitrogen and oxygen atoms in total. The SMILES string of the molecule is C=Cc1cc2cc(Oc3ccnc(Nc4cccc(CS(=O)(=O)NCCN(C=C)C=N)c4)n3)ccc2[nH]1. The number of hydrogen-bond donors (Lipinski definition) is 4. The molecule has 11 heteroatoms. The van der Waals surface area contributed by atoms with Crippen LogP contribution in [0, 0.1) is 5.41 Å². The number of nitrogens with zero attached hydrogens (tertiary/aromatic N) is 3. The lowest BCUT2D eigenvalue weighted by Gasteiger charge is -2.14. The second-order valence-corrected chi connectivity index (χ2v) is 9.83. The highest BCUT2D eigenvalue weighted by Crippen LogP contribution is 2.26. The van der Waals surface area contributed by atoms with Crippen LogP contribution in [0.1, 0.15) is 11.3 Å². The van der Waals surface area contributed by atoms with Gasteiger partial charge in [-0.15, -0.1) is 0 Å². The molecule has 2 aromatic heterocycles. The Balaban J connectivity index is 1.40. The van der Waals surface area contributed by atoms with Crippen molar-refractivity contribution in [2.45, 2.75) is 5.75 Å². The van der Waals surface area contributed by atoms with Crippen molar-refractivity contribution < 1.29 is 13.2 Å². The van der Waals surface area contributed by atoms with E-state index in [-0.39, 0.29) is 12.3 Å². The topological polar surface area (TPSA) is 136 Å². The number of aromatic nitrogens is 3. The van der Waals surface area contributed by atoms with Gasteiger partial charge in [-0.05, 0) is 54.2 Å². The molecule has 2 aromatic carbocycles. The zero-order valence-corrected chi connectivity index (χ0v) is 20.8. The van der Waals surface area contributed by atoms with E-state index in [9.17, 15) is 8.42 Å². The van der Waals surface area contributed by atoms with Gasteiger partial charge in [0.1, 0.15) is 5.75 Å². The largest absolute Gasteiger partial charge is 0.439 e. The van der Waals surface area contributed by atoms with Crippen LogP contribution in [0.15, 0.2) is 80.2 Å². The molecule has 0 amide bonds. The highest BCUT2D eigenvalue weighted by molar-refractivity contribution is 7.88. The summed E-state index contributed by atoms with van der Waals surface area (Å²) < 4.78 is 33.4. The Bertz CT molecular complexity index is 1520. The summed E-state index contributed by atoms with van der Waals surface area (Å²) in [5.41, 5.74) is 3.14. The summed E-state index contributed by atoms with van der Waals surface area (Å²) in [5, 5.41) is 11.3. The second-order valence-electron chi connectivity index (χ2n) is 8.03. The number of anilines is 2. The summed E-state index contributed by atoms with van der Waals surface area (Å²) >= 11 is 0. The molecule has 0 atom stereocenters. The third kappa shape index (κ3) is 7.03. The lowest BCUT2D eigenvalue weighted by Crippen LogP contribution is -2.32. The summed E-state index contributed by atoms with van der Waals surface area (Å²) in [5.74, 6) is 1.10. The van der Waals surface area contributed by atoms with Gasteiger partial charge in [-0.1, -0.05) is 25.3 Å². The maximum atomic E-state index is 12.5. The molecule has 4 rings (SSSR count). The number of H-pyrrole nitrogens is 1. The first-order chi connectivity index (χ1) is 17.9. The van der Waals surface area contributed by atoms with Gasteiger partial charge in [0.15, 0.2) is 0 Å². The van der Waals surface area contributed by atoms with Gasteiger partial charge in [-0.3, -0.25) is 5.41 Å². The second kappa shape index (κ2) is 11.5. The van der Waals surface area contributed by atoms with Crippen molar-refractivity contribution in [1.29, 1.82) is 5.41 Å². The van der Waals surface area contributed by atoms with Crippen LogP contribution in [0.2, 0.25) is 0 Å². The first-order valence-electron chi connectivity index (χ1n) is 11.4. The Morgan fingerprint density at radius 1 is 1.14 bits per heavy atom. The third-order valence-corrected chi connectivity index (χ3v) is 6.67. The van der Waals surface area contributed by atoms with Gasteiger partial charge in [0, 0.05) is 47.6 Å². The van der Waals surface area contributed by atoms with Gasteiger partial charge in [0.05, 0.1) is 12.1 Å². The molecule has 0 bridgehead atoms. The summed E-state index contributed by atoms with van der Waals surface area (Å²) in [6.07, 6.45) is 5.87. The van der Waals surface area contributed by atoms with Crippen LogP contribution in [0.3, 0.4) is 0 Å². The predicted molar refractivity (Wildman–Crippen MR) is 147 cm³/mol. The summed E-state index contributed by atoms with van der Waals surface area (Å²) in [6.45, 7) is 7.82. The van der Waals surface area contributed by atoms with E-state index >= 15 is 0 Å². The fourth-order valence-electron chi connectivity index (χ4n) is 3.56. The summed E-state index contributed by atoms with van der Waals surface area (Å²) in [4.78, 5) is 13.4. The minimum absolute atomic E-state index is 0.161. The molecular formula is C26H27N7O3S. The lowest BCUT2D eigenvalue weighted by atomic mass is 10.2.